The molecule has 0 aliphatic carbocycles. The van der Waals surface area contributed by atoms with Crippen molar-refractivity contribution in [3.05, 3.63) is 64.5 Å². The summed E-state index contributed by atoms with van der Waals surface area (Å²) in [6.07, 6.45) is 0. The van der Waals surface area contributed by atoms with Crippen molar-refractivity contribution in [1.29, 1.82) is 0 Å². The van der Waals surface area contributed by atoms with Gasteiger partial charge in [0.05, 0.1) is 5.69 Å². The van der Waals surface area contributed by atoms with Crippen LogP contribution in [0.4, 0.5) is 10.1 Å². The minimum Gasteiger partial charge on any atom is -0.376 e. The molecular formula is C17H20FN. The van der Waals surface area contributed by atoms with E-state index in [1.165, 1.54) is 22.8 Å². The van der Waals surface area contributed by atoms with Gasteiger partial charge in [0.15, 0.2) is 0 Å². The zero-order valence-corrected chi connectivity index (χ0v) is 11.9. The average Bonchev–Trinajstić information content (AvgIpc) is 2.32. The smallest absolute Gasteiger partial charge is 0.146 e. The van der Waals surface area contributed by atoms with E-state index in [1.54, 1.807) is 6.07 Å². The van der Waals surface area contributed by atoms with Crippen LogP contribution in [0, 0.1) is 26.6 Å². The summed E-state index contributed by atoms with van der Waals surface area (Å²) in [5.74, 6) is -0.207. The zero-order chi connectivity index (χ0) is 14.0. The van der Waals surface area contributed by atoms with Crippen molar-refractivity contribution in [3.63, 3.8) is 0 Å². The predicted octanol–water partition coefficient (Wildman–Crippen LogP) is 4.92. The maximum Gasteiger partial charge on any atom is 0.146 e. The Morgan fingerprint density at radius 2 is 1.53 bits per heavy atom. The number of aryl methyl sites for hydroxylation is 3. The summed E-state index contributed by atoms with van der Waals surface area (Å²) in [7, 11) is 0. The molecule has 0 fully saturated rings. The van der Waals surface area contributed by atoms with Crippen LogP contribution in [0.2, 0.25) is 0 Å². The number of hydrogen-bond acceptors (Lipinski definition) is 1. The molecule has 2 heteroatoms. The Balaban J connectivity index is 2.25. The molecule has 0 saturated carbocycles. The quantitative estimate of drug-likeness (QED) is 0.822. The summed E-state index contributed by atoms with van der Waals surface area (Å²) in [5.41, 5.74) is 5.25. The molecule has 0 aliphatic rings. The van der Waals surface area contributed by atoms with Crippen molar-refractivity contribution >= 4 is 5.69 Å². The van der Waals surface area contributed by atoms with E-state index in [2.05, 4.69) is 44.3 Å². The van der Waals surface area contributed by atoms with Gasteiger partial charge < -0.3 is 5.32 Å². The molecular weight excluding hydrogens is 237 g/mol. The molecule has 1 N–H and O–H groups in total. The normalized spacial score (nSPS) is 12.3. The van der Waals surface area contributed by atoms with E-state index in [9.17, 15) is 4.39 Å². The number of nitrogens with one attached hydrogen (secondary N) is 1. The van der Waals surface area contributed by atoms with Crippen LogP contribution in [0.25, 0.3) is 0 Å². The lowest BCUT2D eigenvalue weighted by Gasteiger charge is -2.18. The molecule has 0 bridgehead atoms. The maximum absolute atomic E-state index is 13.7. The summed E-state index contributed by atoms with van der Waals surface area (Å²) in [6.45, 7) is 8.18. The Bertz CT molecular complexity index is 570. The van der Waals surface area contributed by atoms with Crippen LogP contribution in [-0.4, -0.2) is 0 Å². The minimum absolute atomic E-state index is 0.0786. The summed E-state index contributed by atoms with van der Waals surface area (Å²) in [6, 6.07) is 11.6. The van der Waals surface area contributed by atoms with Crippen molar-refractivity contribution in [3.8, 4) is 0 Å². The fourth-order valence-electron chi connectivity index (χ4n) is 2.33. The highest BCUT2D eigenvalue weighted by Crippen LogP contribution is 2.24. The lowest BCUT2D eigenvalue weighted by atomic mass is 10.0. The first-order chi connectivity index (χ1) is 8.95. The van der Waals surface area contributed by atoms with E-state index >= 15 is 0 Å². The first-order valence-electron chi connectivity index (χ1n) is 6.56. The average molecular weight is 257 g/mol. The Kier molecular flexibility index (Phi) is 3.89. The van der Waals surface area contributed by atoms with Gasteiger partial charge in [-0.3, -0.25) is 0 Å². The van der Waals surface area contributed by atoms with Crippen molar-refractivity contribution in [2.45, 2.75) is 33.7 Å². The third-order valence-corrected chi connectivity index (χ3v) is 3.24. The summed E-state index contributed by atoms with van der Waals surface area (Å²) in [4.78, 5) is 0. The van der Waals surface area contributed by atoms with E-state index in [4.69, 9.17) is 0 Å². The first-order valence-corrected chi connectivity index (χ1v) is 6.56. The highest BCUT2D eigenvalue weighted by Gasteiger charge is 2.09. The summed E-state index contributed by atoms with van der Waals surface area (Å²) >= 11 is 0. The third kappa shape index (κ3) is 3.34. The molecule has 0 heterocycles. The molecule has 1 atom stereocenters. The predicted molar refractivity (Wildman–Crippen MR) is 79.1 cm³/mol. The van der Waals surface area contributed by atoms with Crippen molar-refractivity contribution in [2.75, 3.05) is 5.32 Å². The molecule has 0 radical (unpaired) electrons. The van der Waals surface area contributed by atoms with E-state index in [0.717, 1.165) is 5.56 Å². The molecule has 0 saturated heterocycles. The molecule has 2 aromatic carbocycles. The molecule has 19 heavy (non-hydrogen) atoms. The van der Waals surface area contributed by atoms with Crippen LogP contribution in [0.1, 0.15) is 35.2 Å². The highest BCUT2D eigenvalue weighted by molar-refractivity contribution is 5.49. The molecule has 2 aromatic rings. The third-order valence-electron chi connectivity index (χ3n) is 3.24. The van der Waals surface area contributed by atoms with Gasteiger partial charge in [-0.25, -0.2) is 4.39 Å². The number of halogens is 1. The second-order valence-electron chi connectivity index (χ2n) is 5.27. The number of anilines is 1. The molecule has 1 unspecified atom stereocenters. The van der Waals surface area contributed by atoms with E-state index in [0.29, 0.717) is 5.69 Å². The number of hydrogen-bond donors (Lipinski definition) is 1. The SMILES string of the molecule is Cc1cc(C)cc(C(C)Nc2cc(C)ccc2F)c1. The lowest BCUT2D eigenvalue weighted by molar-refractivity contribution is 0.627. The number of benzene rings is 2. The van der Waals surface area contributed by atoms with Crippen LogP contribution in [0.5, 0.6) is 0 Å². The van der Waals surface area contributed by atoms with E-state index in [1.807, 2.05) is 13.0 Å². The molecule has 2 rings (SSSR count). The van der Waals surface area contributed by atoms with Gasteiger partial charge in [0.2, 0.25) is 0 Å². The van der Waals surface area contributed by atoms with E-state index < -0.39 is 0 Å². The van der Waals surface area contributed by atoms with Gasteiger partial charge >= 0.3 is 0 Å². The van der Waals surface area contributed by atoms with Gasteiger partial charge in [-0.05, 0) is 51.0 Å². The van der Waals surface area contributed by atoms with Crippen LogP contribution >= 0.6 is 0 Å². The van der Waals surface area contributed by atoms with Gasteiger partial charge in [-0.15, -0.1) is 0 Å². The van der Waals surface area contributed by atoms with E-state index in [-0.39, 0.29) is 11.9 Å². The highest BCUT2D eigenvalue weighted by atomic mass is 19.1. The van der Waals surface area contributed by atoms with Crippen LogP contribution < -0.4 is 5.32 Å². The Morgan fingerprint density at radius 1 is 0.895 bits per heavy atom. The molecule has 0 aliphatic heterocycles. The van der Waals surface area contributed by atoms with Gasteiger partial charge in [0.25, 0.3) is 0 Å². The lowest BCUT2D eigenvalue weighted by Crippen LogP contribution is -2.08. The Morgan fingerprint density at radius 3 is 2.16 bits per heavy atom. The Labute approximate surface area is 114 Å². The van der Waals surface area contributed by atoms with Crippen molar-refractivity contribution in [2.24, 2.45) is 0 Å². The molecule has 0 spiro atoms. The van der Waals surface area contributed by atoms with Gasteiger partial charge in [0.1, 0.15) is 5.82 Å². The van der Waals surface area contributed by atoms with Gasteiger partial charge in [-0.1, -0.05) is 35.4 Å². The minimum atomic E-state index is -0.207. The zero-order valence-electron chi connectivity index (χ0n) is 11.9. The second kappa shape index (κ2) is 5.43. The maximum atomic E-state index is 13.7. The van der Waals surface area contributed by atoms with Crippen LogP contribution in [0.3, 0.4) is 0 Å². The standard InChI is InChI=1S/C17H20FN/c1-11-5-6-16(18)17(10-11)19-14(4)15-8-12(2)7-13(3)9-15/h5-10,14,19H,1-4H3. The topological polar surface area (TPSA) is 12.0 Å². The van der Waals surface area contributed by atoms with Crippen molar-refractivity contribution in [1.82, 2.24) is 0 Å². The molecule has 1 nitrogen and oxygen atoms in total. The van der Waals surface area contributed by atoms with Gasteiger partial charge in [0, 0.05) is 6.04 Å². The molecule has 0 aromatic heterocycles. The number of rotatable bonds is 3. The summed E-state index contributed by atoms with van der Waals surface area (Å²) < 4.78 is 13.7. The van der Waals surface area contributed by atoms with Crippen LogP contribution in [-0.2, 0) is 0 Å². The second-order valence-corrected chi connectivity index (χ2v) is 5.27. The first kappa shape index (κ1) is 13.6. The van der Waals surface area contributed by atoms with Crippen molar-refractivity contribution < 1.29 is 4.39 Å². The fraction of sp³-hybridized carbons (Fsp3) is 0.294. The molecule has 100 valence electrons. The van der Waals surface area contributed by atoms with Crippen LogP contribution in [0.15, 0.2) is 36.4 Å². The van der Waals surface area contributed by atoms with Gasteiger partial charge in [-0.2, -0.15) is 0 Å². The molecule has 0 amide bonds. The summed E-state index contributed by atoms with van der Waals surface area (Å²) in [5, 5.41) is 3.25. The largest absolute Gasteiger partial charge is 0.376 e. The fourth-order valence-corrected chi connectivity index (χ4v) is 2.33. The monoisotopic (exact) mass is 257 g/mol. The Hall–Kier alpha value is -1.83.